The highest BCUT2D eigenvalue weighted by molar-refractivity contribution is 6.53. The summed E-state index contributed by atoms with van der Waals surface area (Å²) in [4.78, 5) is 0. The first-order valence-electron chi connectivity index (χ1n) is 7.91. The summed E-state index contributed by atoms with van der Waals surface area (Å²) in [5, 5.41) is 0.273. The smallest absolute Gasteiger partial charge is 0.214 e. The van der Waals surface area contributed by atoms with Crippen LogP contribution in [0.4, 0.5) is 0 Å². The Morgan fingerprint density at radius 2 is 1.73 bits per heavy atom. The molecule has 0 atom stereocenters. The van der Waals surface area contributed by atoms with E-state index in [1.165, 1.54) is 27.8 Å². The molecule has 1 radical (unpaired) electrons. The van der Waals surface area contributed by atoms with E-state index < -0.39 is 9.04 Å². The number of hydrogen-bond acceptors (Lipinski definition) is 1. The zero-order valence-corrected chi connectivity index (χ0v) is 15.7. The minimum absolute atomic E-state index is 0.273. The Hall–Kier alpha value is -1.38. The molecule has 0 heterocycles. The van der Waals surface area contributed by atoms with Crippen LogP contribution in [0.15, 0.2) is 42.5 Å². The van der Waals surface area contributed by atoms with Gasteiger partial charge in [0.15, 0.2) is 0 Å². The van der Waals surface area contributed by atoms with Crippen LogP contribution in [0.1, 0.15) is 37.5 Å². The molecule has 2 aromatic carbocycles. The lowest BCUT2D eigenvalue weighted by Gasteiger charge is -2.24. The summed E-state index contributed by atoms with van der Waals surface area (Å²) in [5.41, 5.74) is 6.47. The average Bonchev–Trinajstić information content (AvgIpc) is 2.46. The van der Waals surface area contributed by atoms with Crippen molar-refractivity contribution in [1.29, 1.82) is 0 Å². The first-order chi connectivity index (χ1) is 10.3. The molecule has 0 aliphatic carbocycles. The molecule has 0 N–H and O–H groups in total. The van der Waals surface area contributed by atoms with Crippen molar-refractivity contribution >= 4 is 9.04 Å². The molecule has 2 heteroatoms. The van der Waals surface area contributed by atoms with E-state index in [4.69, 9.17) is 4.43 Å². The van der Waals surface area contributed by atoms with Crippen LogP contribution in [0.2, 0.25) is 11.6 Å². The summed E-state index contributed by atoms with van der Waals surface area (Å²) >= 11 is 0. The van der Waals surface area contributed by atoms with Gasteiger partial charge < -0.3 is 4.43 Å². The predicted octanol–water partition coefficient (Wildman–Crippen LogP) is 5.91. The third-order valence-electron chi connectivity index (χ3n) is 4.14. The summed E-state index contributed by atoms with van der Waals surface area (Å²) in [7, 11) is -0.794. The molecule has 0 saturated carbocycles. The van der Waals surface area contributed by atoms with E-state index >= 15 is 0 Å². The second-order valence-electron chi connectivity index (χ2n) is 7.11. The Morgan fingerprint density at radius 3 is 2.41 bits per heavy atom. The largest absolute Gasteiger partial charge is 0.412 e. The fourth-order valence-electron chi connectivity index (χ4n) is 2.28. The fraction of sp³-hybridized carbons (Fsp3) is 0.400. The molecule has 22 heavy (non-hydrogen) atoms. The van der Waals surface area contributed by atoms with Crippen LogP contribution < -0.4 is 0 Å². The van der Waals surface area contributed by atoms with E-state index in [1.807, 2.05) is 0 Å². The molecule has 0 unspecified atom stereocenters. The normalized spacial score (nSPS) is 12.0. The topological polar surface area (TPSA) is 9.23 Å². The van der Waals surface area contributed by atoms with Crippen LogP contribution in [-0.2, 0) is 11.0 Å². The van der Waals surface area contributed by atoms with Crippen molar-refractivity contribution in [2.24, 2.45) is 0 Å². The molecule has 0 fully saturated rings. The number of hydrogen-bond donors (Lipinski definition) is 0. The first kappa shape index (κ1) is 17.0. The van der Waals surface area contributed by atoms with Crippen LogP contribution in [-0.4, -0.2) is 9.04 Å². The molecule has 0 aliphatic heterocycles. The van der Waals surface area contributed by atoms with Gasteiger partial charge in [-0.05, 0) is 53.8 Å². The Bertz CT molecular complexity index is 640. The van der Waals surface area contributed by atoms with Crippen molar-refractivity contribution in [2.75, 3.05) is 0 Å². The summed E-state index contributed by atoms with van der Waals surface area (Å²) in [6, 6.07) is 15.4. The highest BCUT2D eigenvalue weighted by Gasteiger charge is 2.23. The van der Waals surface area contributed by atoms with Gasteiger partial charge in [-0.1, -0.05) is 62.7 Å². The van der Waals surface area contributed by atoms with Gasteiger partial charge in [-0.2, -0.15) is 0 Å². The lowest BCUT2D eigenvalue weighted by Crippen LogP contribution is -2.25. The van der Waals surface area contributed by atoms with Crippen molar-refractivity contribution in [1.82, 2.24) is 0 Å². The van der Waals surface area contributed by atoms with E-state index in [-0.39, 0.29) is 5.04 Å². The van der Waals surface area contributed by atoms with Crippen LogP contribution >= 0.6 is 0 Å². The zero-order valence-electron chi connectivity index (χ0n) is 14.7. The lowest BCUT2D eigenvalue weighted by atomic mass is 9.97. The molecule has 1 nitrogen and oxygen atoms in total. The Labute approximate surface area is 137 Å². The Morgan fingerprint density at radius 1 is 1.00 bits per heavy atom. The molecular formula is C20H27OSi. The van der Waals surface area contributed by atoms with Gasteiger partial charge in [0.25, 0.3) is 0 Å². The maximum absolute atomic E-state index is 6.14. The van der Waals surface area contributed by atoms with Crippen molar-refractivity contribution in [2.45, 2.75) is 52.8 Å². The van der Waals surface area contributed by atoms with Crippen molar-refractivity contribution in [3.05, 3.63) is 59.2 Å². The molecule has 2 rings (SSSR count). The minimum Gasteiger partial charge on any atom is -0.412 e. The second kappa shape index (κ2) is 6.80. The maximum atomic E-state index is 6.14. The SMILES string of the molecule is Cc1ccc(C)c(-c2cccc(CO[Si](C)C(C)(C)C)c2)c1. The number of aryl methyl sites for hydroxylation is 2. The van der Waals surface area contributed by atoms with Gasteiger partial charge in [0, 0.05) is 0 Å². The average molecular weight is 312 g/mol. The van der Waals surface area contributed by atoms with Gasteiger partial charge in [0.2, 0.25) is 9.04 Å². The van der Waals surface area contributed by atoms with Gasteiger partial charge in [0.05, 0.1) is 6.61 Å². The summed E-state index contributed by atoms with van der Waals surface area (Å²) in [5.74, 6) is 0. The van der Waals surface area contributed by atoms with Crippen LogP contribution in [0.3, 0.4) is 0 Å². The van der Waals surface area contributed by atoms with Gasteiger partial charge in [-0.15, -0.1) is 0 Å². The minimum atomic E-state index is -0.794. The standard InChI is InChI=1S/C20H27OSi/c1-15-10-11-16(2)19(12-15)18-9-7-8-17(13-18)14-21-22(6)20(3,4)5/h7-13H,14H2,1-6H3. The first-order valence-corrected chi connectivity index (χ1v) is 9.81. The van der Waals surface area contributed by atoms with Gasteiger partial charge in [-0.3, -0.25) is 0 Å². The van der Waals surface area contributed by atoms with Crippen molar-refractivity contribution < 1.29 is 4.43 Å². The van der Waals surface area contributed by atoms with E-state index in [0.717, 1.165) is 0 Å². The molecule has 0 aliphatic rings. The third kappa shape index (κ3) is 4.31. The molecule has 117 valence electrons. The van der Waals surface area contributed by atoms with Crippen LogP contribution in [0.5, 0.6) is 0 Å². The van der Waals surface area contributed by atoms with E-state index in [0.29, 0.717) is 6.61 Å². The Balaban J connectivity index is 2.18. The zero-order chi connectivity index (χ0) is 16.3. The molecule has 0 saturated heterocycles. The molecule has 0 aromatic heterocycles. The molecule has 0 bridgehead atoms. The monoisotopic (exact) mass is 311 g/mol. The predicted molar refractivity (Wildman–Crippen MR) is 97.5 cm³/mol. The molecular weight excluding hydrogens is 284 g/mol. The maximum Gasteiger partial charge on any atom is 0.214 e. The van der Waals surface area contributed by atoms with Gasteiger partial charge in [-0.25, -0.2) is 0 Å². The highest BCUT2D eigenvalue weighted by atomic mass is 28.3. The summed E-state index contributed by atoms with van der Waals surface area (Å²) in [6.45, 7) is 14.0. The fourth-order valence-corrected chi connectivity index (χ4v) is 3.10. The van der Waals surface area contributed by atoms with Crippen LogP contribution in [0, 0.1) is 13.8 Å². The summed E-state index contributed by atoms with van der Waals surface area (Å²) < 4.78 is 6.14. The van der Waals surface area contributed by atoms with Crippen molar-refractivity contribution in [3.63, 3.8) is 0 Å². The van der Waals surface area contributed by atoms with Crippen molar-refractivity contribution in [3.8, 4) is 11.1 Å². The summed E-state index contributed by atoms with van der Waals surface area (Å²) in [6.07, 6.45) is 0. The van der Waals surface area contributed by atoms with Crippen LogP contribution in [0.25, 0.3) is 11.1 Å². The lowest BCUT2D eigenvalue weighted by molar-refractivity contribution is 0.294. The molecule has 2 aromatic rings. The van der Waals surface area contributed by atoms with Gasteiger partial charge >= 0.3 is 0 Å². The Kier molecular flexibility index (Phi) is 5.25. The van der Waals surface area contributed by atoms with E-state index in [2.05, 4.69) is 83.6 Å². The second-order valence-corrected chi connectivity index (χ2v) is 10.0. The highest BCUT2D eigenvalue weighted by Crippen LogP contribution is 2.29. The third-order valence-corrected chi connectivity index (χ3v) is 6.83. The molecule has 0 spiro atoms. The van der Waals surface area contributed by atoms with E-state index in [1.54, 1.807) is 0 Å². The van der Waals surface area contributed by atoms with Gasteiger partial charge in [0.1, 0.15) is 0 Å². The number of rotatable bonds is 4. The van der Waals surface area contributed by atoms with E-state index in [9.17, 15) is 0 Å². The molecule has 0 amide bonds. The number of benzene rings is 2. The quantitative estimate of drug-likeness (QED) is 0.638.